The van der Waals surface area contributed by atoms with E-state index in [2.05, 4.69) is 171 Å². The molecular weight excluding hydrogens is 857 g/mol. The van der Waals surface area contributed by atoms with E-state index in [1.165, 1.54) is 105 Å². The number of hydrogen-bond acceptors (Lipinski definition) is 14. The summed E-state index contributed by atoms with van der Waals surface area (Å²) in [6, 6.07) is 9.33. The molecule has 0 amide bonds. The summed E-state index contributed by atoms with van der Waals surface area (Å²) in [4.78, 5) is 0. The molecule has 1 rings (SSSR count). The van der Waals surface area contributed by atoms with Gasteiger partial charge in [-0.2, -0.15) is 170 Å². The number of thioether (sulfide) groups is 8. The van der Waals surface area contributed by atoms with Crippen LogP contribution in [0.4, 0.5) is 0 Å². The van der Waals surface area contributed by atoms with Gasteiger partial charge in [-0.05, 0) is 140 Å². The number of hydrogen-bond donors (Lipinski definition) is 6. The molecule has 0 aliphatic heterocycles. The van der Waals surface area contributed by atoms with E-state index in [4.69, 9.17) is 0 Å². The first-order valence-corrected chi connectivity index (χ1v) is 30.0. The van der Waals surface area contributed by atoms with Crippen molar-refractivity contribution in [2.45, 2.75) is 12.8 Å². The first-order chi connectivity index (χ1) is 23.6. The average molecular weight is 920 g/mol. The highest BCUT2D eigenvalue weighted by Gasteiger charge is 2.13. The molecule has 1 aromatic carbocycles. The maximum absolute atomic E-state index is 4.65. The SMILES string of the molecule is SCCSCC(CS)CSCC(CS)CSCCSCCc1cccc(CCSCCSCC(CS)CSCC(CS)CSCCS)c1. The van der Waals surface area contributed by atoms with Crippen molar-refractivity contribution in [1.29, 1.82) is 0 Å². The number of rotatable bonds is 36. The Hall–Kier alpha value is 4.12. The molecule has 0 fully saturated rings. The second-order valence-corrected chi connectivity index (χ2v) is 23.1. The highest BCUT2D eigenvalue weighted by Crippen LogP contribution is 2.23. The van der Waals surface area contributed by atoms with Crippen molar-refractivity contribution in [1.82, 2.24) is 0 Å². The van der Waals surface area contributed by atoms with Crippen LogP contribution in [-0.2, 0) is 12.8 Å². The van der Waals surface area contributed by atoms with Crippen LogP contribution in [-0.4, -0.2) is 127 Å². The van der Waals surface area contributed by atoms with Crippen molar-refractivity contribution >= 4 is 170 Å². The summed E-state index contributed by atoms with van der Waals surface area (Å²) in [5, 5.41) is 0. The summed E-state index contributed by atoms with van der Waals surface area (Å²) in [5.41, 5.74) is 2.99. The zero-order valence-corrected chi connectivity index (χ0v) is 40.4. The van der Waals surface area contributed by atoms with Gasteiger partial charge in [-0.1, -0.05) is 24.3 Å². The van der Waals surface area contributed by atoms with Crippen LogP contribution in [0.2, 0.25) is 0 Å². The van der Waals surface area contributed by atoms with Gasteiger partial charge in [-0.15, -0.1) is 0 Å². The van der Waals surface area contributed by atoms with Gasteiger partial charge in [0.05, 0.1) is 0 Å². The highest BCUT2D eigenvalue weighted by molar-refractivity contribution is 8.03. The van der Waals surface area contributed by atoms with Gasteiger partial charge in [-0.25, -0.2) is 0 Å². The zero-order valence-electron chi connectivity index (χ0n) is 28.5. The fraction of sp³-hybridized carbons (Fsp3) is 0.824. The molecule has 0 aromatic heterocycles. The average Bonchev–Trinajstić information content (AvgIpc) is 3.11. The third-order valence-corrected chi connectivity index (χ3v) is 20.4. The lowest BCUT2D eigenvalue weighted by Gasteiger charge is -2.17. The molecule has 4 unspecified atom stereocenters. The van der Waals surface area contributed by atoms with E-state index in [9.17, 15) is 0 Å². The van der Waals surface area contributed by atoms with E-state index in [-0.39, 0.29) is 0 Å². The maximum atomic E-state index is 4.65. The minimum Gasteiger partial charge on any atom is -0.179 e. The van der Waals surface area contributed by atoms with Crippen molar-refractivity contribution in [2.75, 3.05) is 127 Å². The molecular formula is C34H62S14. The number of benzene rings is 1. The van der Waals surface area contributed by atoms with Crippen LogP contribution in [0.3, 0.4) is 0 Å². The zero-order chi connectivity index (χ0) is 34.9. The fourth-order valence-electron chi connectivity index (χ4n) is 4.31. The third kappa shape index (κ3) is 29.4. The molecule has 0 radical (unpaired) electrons. The second-order valence-electron chi connectivity index (χ2n) is 11.6. The molecule has 0 nitrogen and oxygen atoms in total. The topological polar surface area (TPSA) is 0 Å². The molecule has 282 valence electrons. The van der Waals surface area contributed by atoms with Crippen molar-refractivity contribution < 1.29 is 0 Å². The summed E-state index contributed by atoms with van der Waals surface area (Å²) in [6.07, 6.45) is 2.35. The third-order valence-electron chi connectivity index (χ3n) is 7.14. The van der Waals surface area contributed by atoms with Crippen molar-refractivity contribution in [3.63, 3.8) is 0 Å². The molecule has 48 heavy (non-hydrogen) atoms. The molecule has 0 N–H and O–H groups in total. The Balaban J connectivity index is 2.09. The molecule has 14 heteroatoms. The Morgan fingerprint density at radius 1 is 0.375 bits per heavy atom. The van der Waals surface area contributed by atoms with E-state index >= 15 is 0 Å². The van der Waals surface area contributed by atoms with Crippen LogP contribution in [0, 0.1) is 23.7 Å². The lowest BCUT2D eigenvalue weighted by Crippen LogP contribution is -2.14. The van der Waals surface area contributed by atoms with Crippen LogP contribution in [0.5, 0.6) is 0 Å². The Morgan fingerprint density at radius 2 is 0.688 bits per heavy atom. The van der Waals surface area contributed by atoms with Gasteiger partial charge in [0.2, 0.25) is 0 Å². The summed E-state index contributed by atoms with van der Waals surface area (Å²) < 4.78 is 0. The van der Waals surface area contributed by atoms with Crippen LogP contribution >= 0.6 is 170 Å². The van der Waals surface area contributed by atoms with E-state index in [0.29, 0.717) is 23.7 Å². The number of thiol groups is 6. The van der Waals surface area contributed by atoms with Gasteiger partial charge in [0.25, 0.3) is 0 Å². The van der Waals surface area contributed by atoms with Crippen LogP contribution in [0.25, 0.3) is 0 Å². The van der Waals surface area contributed by atoms with Gasteiger partial charge in [0.15, 0.2) is 0 Å². The fourth-order valence-corrected chi connectivity index (χ4v) is 16.9. The quantitative estimate of drug-likeness (QED) is 0.0287. The minimum atomic E-state index is 0.706. The molecule has 0 heterocycles. The molecule has 0 aliphatic carbocycles. The Bertz CT molecular complexity index is 759. The molecule has 1 aromatic rings. The van der Waals surface area contributed by atoms with E-state index in [1.807, 2.05) is 23.5 Å². The lowest BCUT2D eigenvalue weighted by molar-refractivity contribution is 0.759. The maximum Gasteiger partial charge on any atom is 0.00237 e. The van der Waals surface area contributed by atoms with Crippen LogP contribution < -0.4 is 0 Å². The Kier molecular flexibility index (Phi) is 39.7. The molecule has 0 bridgehead atoms. The molecule has 0 aliphatic rings. The normalized spacial score (nSPS) is 14.3. The van der Waals surface area contributed by atoms with Crippen LogP contribution in [0.15, 0.2) is 24.3 Å². The van der Waals surface area contributed by atoms with E-state index in [1.54, 1.807) is 0 Å². The first-order valence-electron chi connectivity index (χ1n) is 16.9. The number of aryl methyl sites for hydroxylation is 2. The largest absolute Gasteiger partial charge is 0.179 e. The Labute approximate surface area is 364 Å². The molecule has 0 saturated heterocycles. The smallest absolute Gasteiger partial charge is 0.00237 e. The summed E-state index contributed by atoms with van der Waals surface area (Å²) in [5.74, 6) is 28.2. The van der Waals surface area contributed by atoms with Gasteiger partial charge in [0.1, 0.15) is 0 Å². The highest BCUT2D eigenvalue weighted by atomic mass is 32.2. The predicted molar refractivity (Wildman–Crippen MR) is 270 cm³/mol. The van der Waals surface area contributed by atoms with Crippen LogP contribution in [0.1, 0.15) is 11.1 Å². The molecule has 0 spiro atoms. The van der Waals surface area contributed by atoms with E-state index in [0.717, 1.165) is 46.0 Å². The van der Waals surface area contributed by atoms with E-state index < -0.39 is 0 Å². The second kappa shape index (κ2) is 38.0. The van der Waals surface area contributed by atoms with Crippen molar-refractivity contribution in [3.05, 3.63) is 35.4 Å². The monoisotopic (exact) mass is 918 g/mol. The first kappa shape index (κ1) is 50.1. The van der Waals surface area contributed by atoms with Crippen molar-refractivity contribution in [2.24, 2.45) is 23.7 Å². The van der Waals surface area contributed by atoms with Gasteiger partial charge in [0, 0.05) is 34.5 Å². The summed E-state index contributed by atoms with van der Waals surface area (Å²) >= 11 is 43.8. The standard InChI is InChI=1S/C34H62S14/c35-6-10-43-21-31(17-37)25-47-27-33(19-39)23-45-14-12-41-8-4-29-2-1-3-30(16-29)5-9-42-13-15-46-24-34(20-40)28-48-26-32(18-38)22-44-11-7-36/h1-3,16,31-40H,4-15,17-28H2. The predicted octanol–water partition coefficient (Wildman–Crippen LogP) is 10.7. The van der Waals surface area contributed by atoms with Gasteiger partial charge in [-0.3, -0.25) is 0 Å². The molecule has 4 atom stereocenters. The summed E-state index contributed by atoms with van der Waals surface area (Å²) in [6.45, 7) is 0. The Morgan fingerprint density at radius 3 is 1.02 bits per heavy atom. The van der Waals surface area contributed by atoms with Gasteiger partial charge < -0.3 is 0 Å². The lowest BCUT2D eigenvalue weighted by atomic mass is 10.1. The minimum absolute atomic E-state index is 0.706. The van der Waals surface area contributed by atoms with Gasteiger partial charge >= 0.3 is 0 Å². The summed E-state index contributed by atoms with van der Waals surface area (Å²) in [7, 11) is 0. The molecule has 0 saturated carbocycles. The van der Waals surface area contributed by atoms with Crippen molar-refractivity contribution in [3.8, 4) is 0 Å².